The summed E-state index contributed by atoms with van der Waals surface area (Å²) in [5.74, 6) is -0.209. The maximum absolute atomic E-state index is 13.3. The lowest BCUT2D eigenvalue weighted by Crippen LogP contribution is -2.29. The van der Waals surface area contributed by atoms with Gasteiger partial charge in [0.05, 0.1) is 16.4 Å². The van der Waals surface area contributed by atoms with E-state index in [1.807, 2.05) is 0 Å². The number of halogens is 1. The number of rotatable bonds is 3. The Labute approximate surface area is 132 Å². The highest BCUT2D eigenvalue weighted by atomic mass is 32.2. The van der Waals surface area contributed by atoms with Crippen molar-refractivity contribution >= 4 is 37.2 Å². The second-order valence-corrected chi connectivity index (χ2v) is 8.96. The second kappa shape index (κ2) is 5.62. The third-order valence-electron chi connectivity index (χ3n) is 3.98. The first-order valence-electron chi connectivity index (χ1n) is 7.03. The molecule has 4 nitrogen and oxygen atoms in total. The zero-order valence-electron chi connectivity index (χ0n) is 12.1. The Morgan fingerprint density at radius 1 is 1.45 bits per heavy atom. The number of benzene rings is 1. The highest BCUT2D eigenvalue weighted by Crippen LogP contribution is 2.31. The quantitative estimate of drug-likeness (QED) is 0.933. The Hall–Kier alpha value is -1.47. The van der Waals surface area contributed by atoms with Gasteiger partial charge < -0.3 is 5.32 Å². The van der Waals surface area contributed by atoms with Gasteiger partial charge >= 0.3 is 0 Å². The molecule has 1 N–H and O–H groups in total. The van der Waals surface area contributed by atoms with Gasteiger partial charge in [0.1, 0.15) is 5.82 Å². The zero-order chi connectivity index (χ0) is 15.9. The third-order valence-corrected chi connectivity index (χ3v) is 7.09. The summed E-state index contributed by atoms with van der Waals surface area (Å²) in [6.07, 6.45) is 0.596. The van der Waals surface area contributed by atoms with Gasteiger partial charge in [-0.15, -0.1) is 11.3 Å². The van der Waals surface area contributed by atoms with Crippen LogP contribution in [0.15, 0.2) is 18.2 Å². The van der Waals surface area contributed by atoms with Crippen molar-refractivity contribution in [2.75, 3.05) is 18.1 Å². The lowest BCUT2D eigenvalue weighted by molar-refractivity contribution is 0.0952. The first-order chi connectivity index (χ1) is 10.4. The van der Waals surface area contributed by atoms with Crippen LogP contribution in [0.3, 0.4) is 0 Å². The van der Waals surface area contributed by atoms with Gasteiger partial charge in [0.2, 0.25) is 0 Å². The van der Waals surface area contributed by atoms with Crippen molar-refractivity contribution < 1.29 is 17.6 Å². The average molecular weight is 341 g/mol. The van der Waals surface area contributed by atoms with Crippen LogP contribution in [0.4, 0.5) is 4.39 Å². The first kappa shape index (κ1) is 15.4. The molecule has 0 spiro atoms. The average Bonchev–Trinajstić information content (AvgIpc) is 2.97. The molecular weight excluding hydrogens is 325 g/mol. The fourth-order valence-electron chi connectivity index (χ4n) is 2.76. The van der Waals surface area contributed by atoms with E-state index < -0.39 is 9.84 Å². The molecular formula is C15H16FNO3S2. The van der Waals surface area contributed by atoms with Gasteiger partial charge in [-0.3, -0.25) is 4.79 Å². The molecule has 0 saturated carbocycles. The number of sulfone groups is 1. The Morgan fingerprint density at radius 2 is 2.23 bits per heavy atom. The van der Waals surface area contributed by atoms with Crippen LogP contribution in [0.1, 0.15) is 21.7 Å². The number of thiophene rings is 1. The van der Waals surface area contributed by atoms with Crippen molar-refractivity contribution in [3.63, 3.8) is 0 Å². The molecule has 3 rings (SSSR count). The van der Waals surface area contributed by atoms with E-state index in [-0.39, 0.29) is 29.1 Å². The molecule has 22 heavy (non-hydrogen) atoms. The van der Waals surface area contributed by atoms with Gasteiger partial charge in [0, 0.05) is 11.2 Å². The van der Waals surface area contributed by atoms with E-state index in [0.29, 0.717) is 17.8 Å². The number of hydrogen-bond acceptors (Lipinski definition) is 4. The number of hydrogen-bond donors (Lipinski definition) is 1. The minimum Gasteiger partial charge on any atom is -0.351 e. The number of nitrogens with one attached hydrogen (secondary N) is 1. The van der Waals surface area contributed by atoms with Crippen LogP contribution in [-0.4, -0.2) is 32.4 Å². The summed E-state index contributed by atoms with van der Waals surface area (Å²) >= 11 is 1.33. The Morgan fingerprint density at radius 3 is 2.91 bits per heavy atom. The van der Waals surface area contributed by atoms with Gasteiger partial charge in [-0.05, 0) is 48.4 Å². The van der Waals surface area contributed by atoms with Crippen LogP contribution >= 0.6 is 11.3 Å². The Balaban J connectivity index is 1.74. The summed E-state index contributed by atoms with van der Waals surface area (Å²) in [7, 11) is -2.93. The van der Waals surface area contributed by atoms with E-state index in [9.17, 15) is 17.6 Å². The standard InChI is InChI=1S/C15H16FNO3S2/c1-9-12-6-11(16)2-3-13(12)21-14(9)15(18)17-7-10-4-5-22(19,20)8-10/h2-3,6,10H,4-5,7-8H2,1H3,(H,17,18)/t10-/m1/s1. The number of carbonyl (C=O) groups excluding carboxylic acids is 1. The van der Waals surface area contributed by atoms with Gasteiger partial charge in [-0.2, -0.15) is 0 Å². The predicted octanol–water partition coefficient (Wildman–Crippen LogP) is 2.51. The predicted molar refractivity (Wildman–Crippen MR) is 85.6 cm³/mol. The molecule has 0 aliphatic carbocycles. The minimum absolute atomic E-state index is 0.0129. The van der Waals surface area contributed by atoms with Gasteiger partial charge in [0.25, 0.3) is 5.91 Å². The van der Waals surface area contributed by atoms with Crippen LogP contribution in [0.2, 0.25) is 0 Å². The van der Waals surface area contributed by atoms with Crippen LogP contribution < -0.4 is 5.32 Å². The molecule has 7 heteroatoms. The van der Waals surface area contributed by atoms with E-state index in [0.717, 1.165) is 15.6 Å². The molecule has 1 atom stereocenters. The summed E-state index contributed by atoms with van der Waals surface area (Å²) < 4.78 is 37.0. The molecule has 1 amide bonds. The summed E-state index contributed by atoms with van der Waals surface area (Å²) in [4.78, 5) is 12.9. The molecule has 0 bridgehead atoms. The molecule has 118 valence electrons. The van der Waals surface area contributed by atoms with Crippen LogP contribution in [0, 0.1) is 18.7 Å². The molecule has 0 unspecified atom stereocenters. The Bertz CT molecular complexity index is 842. The lowest BCUT2D eigenvalue weighted by atomic mass is 10.1. The van der Waals surface area contributed by atoms with Crippen molar-refractivity contribution in [3.8, 4) is 0 Å². The molecule has 1 fully saturated rings. The normalized spacial score (nSPS) is 20.4. The molecule has 1 aliphatic heterocycles. The van der Waals surface area contributed by atoms with E-state index in [4.69, 9.17) is 0 Å². The number of carbonyl (C=O) groups is 1. The molecule has 1 aromatic carbocycles. The number of aryl methyl sites for hydroxylation is 1. The highest BCUT2D eigenvalue weighted by Gasteiger charge is 2.28. The fraction of sp³-hybridized carbons (Fsp3) is 0.400. The first-order valence-corrected chi connectivity index (χ1v) is 9.67. The topological polar surface area (TPSA) is 63.2 Å². The van der Waals surface area contributed by atoms with Crippen LogP contribution in [0.5, 0.6) is 0 Å². The summed E-state index contributed by atoms with van der Waals surface area (Å²) in [5, 5.41) is 3.56. The molecule has 0 radical (unpaired) electrons. The van der Waals surface area contributed by atoms with Crippen molar-refractivity contribution in [1.29, 1.82) is 0 Å². The van der Waals surface area contributed by atoms with E-state index in [1.54, 1.807) is 13.0 Å². The zero-order valence-corrected chi connectivity index (χ0v) is 13.7. The molecule has 1 saturated heterocycles. The van der Waals surface area contributed by atoms with Gasteiger partial charge in [-0.1, -0.05) is 0 Å². The molecule has 2 heterocycles. The minimum atomic E-state index is -2.93. The molecule has 2 aromatic rings. The smallest absolute Gasteiger partial charge is 0.261 e. The van der Waals surface area contributed by atoms with E-state index in [2.05, 4.69) is 5.32 Å². The molecule has 1 aliphatic rings. The van der Waals surface area contributed by atoms with Crippen LogP contribution in [0.25, 0.3) is 10.1 Å². The summed E-state index contributed by atoms with van der Waals surface area (Å²) in [5.41, 5.74) is 0.760. The lowest BCUT2D eigenvalue weighted by Gasteiger charge is -2.09. The van der Waals surface area contributed by atoms with Crippen LogP contribution in [-0.2, 0) is 9.84 Å². The Kier molecular flexibility index (Phi) is 3.94. The summed E-state index contributed by atoms with van der Waals surface area (Å²) in [6.45, 7) is 2.16. The van der Waals surface area contributed by atoms with E-state index in [1.165, 1.54) is 23.5 Å². The van der Waals surface area contributed by atoms with Crippen molar-refractivity contribution in [1.82, 2.24) is 5.32 Å². The van der Waals surface area contributed by atoms with E-state index >= 15 is 0 Å². The SMILES string of the molecule is Cc1c(C(=O)NC[C@H]2CCS(=O)(=O)C2)sc2ccc(F)cc12. The monoisotopic (exact) mass is 341 g/mol. The molecule has 1 aromatic heterocycles. The number of fused-ring (bicyclic) bond motifs is 1. The van der Waals surface area contributed by atoms with Crippen molar-refractivity contribution in [2.24, 2.45) is 5.92 Å². The fourth-order valence-corrected chi connectivity index (χ4v) is 5.73. The highest BCUT2D eigenvalue weighted by molar-refractivity contribution is 7.91. The number of amides is 1. The van der Waals surface area contributed by atoms with Crippen molar-refractivity contribution in [2.45, 2.75) is 13.3 Å². The maximum Gasteiger partial charge on any atom is 0.261 e. The van der Waals surface area contributed by atoms with Crippen molar-refractivity contribution in [3.05, 3.63) is 34.5 Å². The van der Waals surface area contributed by atoms with Gasteiger partial charge in [-0.25, -0.2) is 12.8 Å². The summed E-state index contributed by atoms with van der Waals surface area (Å²) in [6, 6.07) is 4.48. The maximum atomic E-state index is 13.3. The largest absolute Gasteiger partial charge is 0.351 e. The second-order valence-electron chi connectivity index (χ2n) is 5.68. The third kappa shape index (κ3) is 3.01. The van der Waals surface area contributed by atoms with Gasteiger partial charge in [0.15, 0.2) is 9.84 Å².